The number of amides is 2. The van der Waals surface area contributed by atoms with Gasteiger partial charge in [0.15, 0.2) is 0 Å². The fraction of sp³-hybridized carbons (Fsp3) is 0.394. The molecular weight excluding hydrogens is 566 g/mol. The first-order valence-corrected chi connectivity index (χ1v) is 16.1. The summed E-state index contributed by atoms with van der Waals surface area (Å²) in [7, 11) is -2.61. The zero-order chi connectivity index (χ0) is 31.0. The molecule has 0 bridgehead atoms. The molecule has 0 spiro atoms. The lowest BCUT2D eigenvalue weighted by Gasteiger charge is -2.32. The van der Waals surface area contributed by atoms with E-state index in [1.807, 2.05) is 26.0 Å². The minimum atomic E-state index is -4.17. The maximum Gasteiger partial charge on any atom is 0.264 e. The molecule has 0 aliphatic heterocycles. The van der Waals surface area contributed by atoms with Crippen molar-refractivity contribution in [3.8, 4) is 11.5 Å². The van der Waals surface area contributed by atoms with Crippen LogP contribution in [0.1, 0.15) is 50.7 Å². The van der Waals surface area contributed by atoms with Gasteiger partial charge in [-0.3, -0.25) is 13.9 Å². The van der Waals surface area contributed by atoms with E-state index in [4.69, 9.17) is 9.47 Å². The zero-order valence-corrected chi connectivity index (χ0v) is 26.1. The highest BCUT2D eigenvalue weighted by molar-refractivity contribution is 7.92. The summed E-state index contributed by atoms with van der Waals surface area (Å²) in [5.74, 6) is 0.393. The molecule has 0 saturated heterocycles. The topological polar surface area (TPSA) is 105 Å². The van der Waals surface area contributed by atoms with Crippen LogP contribution >= 0.6 is 0 Å². The molecule has 1 saturated carbocycles. The van der Waals surface area contributed by atoms with Crippen molar-refractivity contribution < 1.29 is 27.5 Å². The van der Waals surface area contributed by atoms with E-state index in [1.165, 1.54) is 17.0 Å². The summed E-state index contributed by atoms with van der Waals surface area (Å²) in [4.78, 5) is 29.0. The number of anilines is 1. The Kier molecular flexibility index (Phi) is 10.7. The molecule has 1 N–H and O–H groups in total. The van der Waals surface area contributed by atoms with Crippen molar-refractivity contribution in [2.45, 2.75) is 70.0 Å². The lowest BCUT2D eigenvalue weighted by Crippen LogP contribution is -2.52. The van der Waals surface area contributed by atoms with Crippen molar-refractivity contribution in [2.24, 2.45) is 0 Å². The monoisotopic (exact) mass is 607 g/mol. The molecule has 1 atom stereocenters. The van der Waals surface area contributed by atoms with Crippen LogP contribution in [0.2, 0.25) is 0 Å². The molecule has 230 valence electrons. The van der Waals surface area contributed by atoms with Gasteiger partial charge in [-0.15, -0.1) is 0 Å². The number of ether oxygens (including phenoxy) is 2. The highest BCUT2D eigenvalue weighted by atomic mass is 32.2. The van der Waals surface area contributed by atoms with Crippen LogP contribution in [0.25, 0.3) is 0 Å². The van der Waals surface area contributed by atoms with E-state index in [9.17, 15) is 18.0 Å². The highest BCUT2D eigenvalue weighted by Gasteiger charge is 2.33. The van der Waals surface area contributed by atoms with Gasteiger partial charge in [0.2, 0.25) is 11.8 Å². The molecule has 10 heteroatoms. The van der Waals surface area contributed by atoms with Crippen LogP contribution in [0.5, 0.6) is 11.5 Å². The van der Waals surface area contributed by atoms with E-state index in [2.05, 4.69) is 5.32 Å². The first-order valence-electron chi connectivity index (χ1n) is 14.7. The molecule has 1 aliphatic rings. The minimum absolute atomic E-state index is 0.0238. The third-order valence-electron chi connectivity index (χ3n) is 7.68. The summed E-state index contributed by atoms with van der Waals surface area (Å²) in [6.07, 6.45) is 3.93. The van der Waals surface area contributed by atoms with Crippen molar-refractivity contribution in [3.05, 3.63) is 83.9 Å². The number of carbonyl (C=O) groups is 2. The van der Waals surface area contributed by atoms with Gasteiger partial charge in [-0.25, -0.2) is 8.42 Å². The number of hydrogen-bond acceptors (Lipinski definition) is 6. The number of aryl methyl sites for hydroxylation is 1. The Balaban J connectivity index is 1.68. The second-order valence-electron chi connectivity index (χ2n) is 10.8. The number of methoxy groups -OCH3 is 1. The molecule has 43 heavy (non-hydrogen) atoms. The van der Waals surface area contributed by atoms with E-state index >= 15 is 0 Å². The van der Waals surface area contributed by atoms with Crippen LogP contribution in [0.3, 0.4) is 0 Å². The fourth-order valence-corrected chi connectivity index (χ4v) is 6.60. The smallest absolute Gasteiger partial charge is 0.264 e. The molecule has 1 unspecified atom stereocenters. The number of hydrogen-bond donors (Lipinski definition) is 1. The van der Waals surface area contributed by atoms with Gasteiger partial charge in [0.25, 0.3) is 10.0 Å². The summed E-state index contributed by atoms with van der Waals surface area (Å²) in [5.41, 5.74) is 2.05. The van der Waals surface area contributed by atoms with Crippen LogP contribution in [0.15, 0.2) is 77.7 Å². The third kappa shape index (κ3) is 8.07. The van der Waals surface area contributed by atoms with Gasteiger partial charge in [-0.05, 0) is 87.7 Å². The second-order valence-corrected chi connectivity index (χ2v) is 12.7. The first kappa shape index (κ1) is 31.9. The lowest BCUT2D eigenvalue weighted by molar-refractivity contribution is -0.139. The van der Waals surface area contributed by atoms with Crippen LogP contribution in [-0.2, 0) is 26.2 Å². The van der Waals surface area contributed by atoms with Gasteiger partial charge in [0.1, 0.15) is 24.1 Å². The van der Waals surface area contributed by atoms with Gasteiger partial charge in [-0.2, -0.15) is 0 Å². The summed E-state index contributed by atoms with van der Waals surface area (Å²) in [5, 5.41) is 3.08. The molecule has 1 aliphatic carbocycles. The Morgan fingerprint density at radius 2 is 1.65 bits per heavy atom. The largest absolute Gasteiger partial charge is 0.497 e. The van der Waals surface area contributed by atoms with Crippen molar-refractivity contribution in [3.63, 3.8) is 0 Å². The molecular formula is C33H41N3O6S. The molecule has 3 aromatic carbocycles. The summed E-state index contributed by atoms with van der Waals surface area (Å²) in [6.45, 7) is 5.48. The molecule has 3 aromatic rings. The van der Waals surface area contributed by atoms with Gasteiger partial charge >= 0.3 is 0 Å². The van der Waals surface area contributed by atoms with Gasteiger partial charge in [-0.1, -0.05) is 42.7 Å². The number of rotatable bonds is 13. The fourth-order valence-electron chi connectivity index (χ4n) is 5.18. The average molecular weight is 608 g/mol. The molecule has 0 aromatic heterocycles. The molecule has 9 nitrogen and oxygen atoms in total. The second kappa shape index (κ2) is 14.4. The number of carbonyl (C=O) groups excluding carboxylic acids is 2. The predicted octanol–water partition coefficient (Wildman–Crippen LogP) is 5.07. The Bertz CT molecular complexity index is 1490. The van der Waals surface area contributed by atoms with Gasteiger partial charge < -0.3 is 19.7 Å². The summed E-state index contributed by atoms with van der Waals surface area (Å²) in [6, 6.07) is 19.6. The Hall–Kier alpha value is -4.05. The van der Waals surface area contributed by atoms with Crippen molar-refractivity contribution >= 4 is 27.5 Å². The minimum Gasteiger partial charge on any atom is -0.497 e. The molecule has 2 amide bonds. The van der Waals surface area contributed by atoms with Crippen LogP contribution < -0.4 is 19.1 Å². The maximum atomic E-state index is 14.1. The van der Waals surface area contributed by atoms with Gasteiger partial charge in [0.05, 0.1) is 24.3 Å². The van der Waals surface area contributed by atoms with Crippen molar-refractivity contribution in [1.29, 1.82) is 0 Å². The summed E-state index contributed by atoms with van der Waals surface area (Å²) >= 11 is 0. The SMILES string of the molecule is CCOc1ccc(S(=O)(=O)N(CC(=O)N(Cc2cccc(OC)c2)C(C)C(=O)NC2CCCC2)c2ccc(C)cc2)cc1. The molecule has 0 radical (unpaired) electrons. The van der Waals surface area contributed by atoms with Crippen molar-refractivity contribution in [2.75, 3.05) is 24.6 Å². The Labute approximate surface area is 254 Å². The van der Waals surface area contributed by atoms with E-state index in [0.717, 1.165) is 41.1 Å². The van der Waals surface area contributed by atoms with E-state index in [-0.39, 0.29) is 23.4 Å². The molecule has 0 heterocycles. The predicted molar refractivity (Wildman–Crippen MR) is 167 cm³/mol. The quantitative estimate of drug-likeness (QED) is 0.291. The summed E-state index contributed by atoms with van der Waals surface area (Å²) < 4.78 is 40.0. The van der Waals surface area contributed by atoms with Crippen LogP contribution in [0, 0.1) is 6.92 Å². The number of nitrogens with zero attached hydrogens (tertiary/aromatic N) is 2. The maximum absolute atomic E-state index is 14.1. The zero-order valence-electron chi connectivity index (χ0n) is 25.3. The normalized spacial score (nSPS) is 14.1. The standard InChI is InChI=1S/C33H41N3O6S/c1-5-42-29-17-19-31(20-18-29)43(39,40)36(28-15-13-24(2)14-16-28)23-32(37)35(22-26-9-8-12-30(21-26)41-4)25(3)33(38)34-27-10-6-7-11-27/h8-9,12-21,25,27H,5-7,10-11,22-23H2,1-4H3,(H,34,38). The Morgan fingerprint density at radius 3 is 2.28 bits per heavy atom. The van der Waals surface area contributed by atoms with E-state index in [0.29, 0.717) is 23.8 Å². The van der Waals surface area contributed by atoms with E-state index in [1.54, 1.807) is 62.6 Å². The van der Waals surface area contributed by atoms with E-state index < -0.39 is 28.5 Å². The third-order valence-corrected chi connectivity index (χ3v) is 9.47. The molecule has 1 fully saturated rings. The Morgan fingerprint density at radius 1 is 0.977 bits per heavy atom. The first-order chi connectivity index (χ1) is 20.6. The van der Waals surface area contributed by atoms with Crippen LogP contribution in [0.4, 0.5) is 5.69 Å². The average Bonchev–Trinajstić information content (AvgIpc) is 3.52. The lowest BCUT2D eigenvalue weighted by atomic mass is 10.1. The van der Waals surface area contributed by atoms with Crippen molar-refractivity contribution in [1.82, 2.24) is 10.2 Å². The number of sulfonamides is 1. The van der Waals surface area contributed by atoms with Crippen LogP contribution in [-0.4, -0.2) is 57.5 Å². The number of nitrogens with one attached hydrogen (secondary N) is 1. The highest BCUT2D eigenvalue weighted by Crippen LogP contribution is 2.27. The van der Waals surface area contributed by atoms with Gasteiger partial charge in [0, 0.05) is 12.6 Å². The molecule has 4 rings (SSSR count). The number of benzene rings is 3.